The lowest BCUT2D eigenvalue weighted by Crippen LogP contribution is -2.53. The number of aliphatic hydroxyl groups excluding tert-OH is 1. The van der Waals surface area contributed by atoms with Gasteiger partial charge >= 0.3 is 0 Å². The van der Waals surface area contributed by atoms with Crippen molar-refractivity contribution < 1.29 is 31.1 Å². The number of rotatable bonds is 5. The second-order valence-electron chi connectivity index (χ2n) is 10.4. The molecule has 2 aliphatic heterocycles. The molecule has 2 bridgehead atoms. The predicted octanol–water partition coefficient (Wildman–Crippen LogP) is 3.63. The summed E-state index contributed by atoms with van der Waals surface area (Å²) < 4.78 is 69.4. The van der Waals surface area contributed by atoms with E-state index in [-0.39, 0.29) is 68.8 Å². The quantitative estimate of drug-likeness (QED) is 0.479. The van der Waals surface area contributed by atoms with Crippen LogP contribution in [-0.4, -0.2) is 50.9 Å². The first-order valence-corrected chi connectivity index (χ1v) is 16.0. The summed E-state index contributed by atoms with van der Waals surface area (Å²) in [6, 6.07) is 7.78. The summed E-state index contributed by atoms with van der Waals surface area (Å²) in [7, 11) is -8.02. The number of hydrogen-bond acceptors (Lipinski definition) is 7. The van der Waals surface area contributed by atoms with Gasteiger partial charge in [0.05, 0.1) is 17.0 Å². The Morgan fingerprint density at radius 1 is 1.21 bits per heavy atom. The predicted molar refractivity (Wildman–Crippen MR) is 143 cm³/mol. The summed E-state index contributed by atoms with van der Waals surface area (Å²) in [5, 5.41) is 14.2. The van der Waals surface area contributed by atoms with Crippen LogP contribution in [0.5, 0.6) is 0 Å². The Labute approximate surface area is 229 Å². The van der Waals surface area contributed by atoms with Crippen molar-refractivity contribution >= 4 is 54.8 Å². The molecule has 4 aliphatic rings. The van der Waals surface area contributed by atoms with Crippen LogP contribution >= 0.6 is 11.6 Å². The van der Waals surface area contributed by atoms with Crippen molar-refractivity contribution in [2.75, 3.05) is 16.3 Å². The van der Waals surface area contributed by atoms with Crippen molar-refractivity contribution in [2.24, 2.45) is 22.2 Å². The van der Waals surface area contributed by atoms with E-state index < -0.39 is 31.8 Å². The molecule has 2 saturated carbocycles. The van der Waals surface area contributed by atoms with Gasteiger partial charge in [0.25, 0.3) is 15.9 Å². The fourth-order valence-corrected chi connectivity index (χ4v) is 8.34. The standard InChI is InChI=1S/C25H24ClFN4O6S2/c1-38(34,35)29-15-5-7-18-19(10-15)39(36,37)30-24(28-18)21-23(32)20-13-3-4-14(9-13)22(20)31(25(21)33)11-12-2-6-17(27)16(26)8-12/h2,5-8,10,13-14,20,22,29,32H,3-4,9,11H2,1H3,(H,28,30)/t13-,14-,20+,22-/m0/s1. The number of hydrogen-bond donors (Lipinski definition) is 3. The third-order valence-electron chi connectivity index (χ3n) is 7.88. The summed E-state index contributed by atoms with van der Waals surface area (Å²) in [4.78, 5) is 15.3. The maximum Gasteiger partial charge on any atom is 0.286 e. The molecule has 4 atom stereocenters. The molecule has 14 heteroatoms. The highest BCUT2D eigenvalue weighted by molar-refractivity contribution is 7.92. The molecule has 0 spiro atoms. The van der Waals surface area contributed by atoms with E-state index in [1.165, 1.54) is 30.3 Å². The number of aliphatic hydroxyl groups is 1. The van der Waals surface area contributed by atoms with Gasteiger partial charge in [-0.15, -0.1) is 4.40 Å². The number of nitrogens with zero attached hydrogens (tertiary/aromatic N) is 2. The van der Waals surface area contributed by atoms with Crippen LogP contribution in [0.15, 0.2) is 57.0 Å². The van der Waals surface area contributed by atoms with Gasteiger partial charge in [0.1, 0.15) is 22.0 Å². The molecule has 2 aromatic carbocycles. The molecule has 2 fully saturated rings. The van der Waals surface area contributed by atoms with Crippen molar-refractivity contribution in [2.45, 2.75) is 36.7 Å². The molecule has 2 heterocycles. The van der Waals surface area contributed by atoms with E-state index in [9.17, 15) is 31.1 Å². The Morgan fingerprint density at radius 2 is 1.95 bits per heavy atom. The second kappa shape index (κ2) is 8.93. The molecule has 0 aromatic heterocycles. The van der Waals surface area contributed by atoms with Crippen molar-refractivity contribution in [3.8, 4) is 0 Å². The number of fused-ring (bicyclic) bond motifs is 6. The van der Waals surface area contributed by atoms with Crippen LogP contribution in [0.1, 0.15) is 24.8 Å². The molecule has 39 heavy (non-hydrogen) atoms. The molecular formula is C25H24ClFN4O6S2. The van der Waals surface area contributed by atoms with Crippen LogP contribution in [0, 0.1) is 23.6 Å². The molecule has 3 N–H and O–H groups in total. The van der Waals surface area contributed by atoms with E-state index in [4.69, 9.17) is 11.6 Å². The first-order chi connectivity index (χ1) is 18.3. The number of sulfonamides is 2. The number of nitrogens with one attached hydrogen (secondary N) is 2. The van der Waals surface area contributed by atoms with Crippen LogP contribution in [0.3, 0.4) is 0 Å². The summed E-state index contributed by atoms with van der Waals surface area (Å²) >= 11 is 5.98. The van der Waals surface area contributed by atoms with Crippen LogP contribution in [0.2, 0.25) is 5.02 Å². The Morgan fingerprint density at radius 3 is 2.67 bits per heavy atom. The normalized spacial score (nSPS) is 27.1. The van der Waals surface area contributed by atoms with E-state index in [1.54, 1.807) is 4.90 Å². The number of anilines is 2. The van der Waals surface area contributed by atoms with Gasteiger partial charge in [-0.25, -0.2) is 12.8 Å². The molecule has 2 aromatic rings. The fraction of sp³-hybridized carbons (Fsp3) is 0.360. The first-order valence-electron chi connectivity index (χ1n) is 12.2. The zero-order valence-corrected chi connectivity index (χ0v) is 22.9. The van der Waals surface area contributed by atoms with Crippen LogP contribution in [0.4, 0.5) is 15.8 Å². The zero-order chi connectivity index (χ0) is 27.9. The summed E-state index contributed by atoms with van der Waals surface area (Å²) in [6.07, 6.45) is 3.56. The lowest BCUT2D eigenvalue weighted by molar-refractivity contribution is -0.134. The lowest BCUT2D eigenvalue weighted by atomic mass is 9.77. The SMILES string of the molecule is CS(=O)(=O)Nc1ccc2c(c1)S(=O)(=O)N=C(C1=C(O)[C@@H]3[C@H]4CC[C@@H](C4)[C@@H]3N(Cc3ccc(F)c(Cl)c3)C1=O)N2. The van der Waals surface area contributed by atoms with Gasteiger partial charge in [-0.05, 0) is 67.0 Å². The lowest BCUT2D eigenvalue weighted by Gasteiger charge is -2.44. The van der Waals surface area contributed by atoms with E-state index in [2.05, 4.69) is 14.4 Å². The summed E-state index contributed by atoms with van der Waals surface area (Å²) in [5.41, 5.74) is 0.480. The van der Waals surface area contributed by atoms with Gasteiger partial charge in [0.2, 0.25) is 10.0 Å². The van der Waals surface area contributed by atoms with Crippen LogP contribution in [0.25, 0.3) is 0 Å². The number of carbonyl (C=O) groups is 1. The molecule has 1 amide bonds. The third kappa shape index (κ3) is 4.45. The maximum atomic E-state index is 14.0. The average Bonchev–Trinajstić information content (AvgIpc) is 3.46. The number of amides is 1. The maximum absolute atomic E-state index is 14.0. The highest BCUT2D eigenvalue weighted by atomic mass is 35.5. The molecule has 0 radical (unpaired) electrons. The van der Waals surface area contributed by atoms with Gasteiger partial charge in [-0.3, -0.25) is 9.52 Å². The van der Waals surface area contributed by atoms with Crippen molar-refractivity contribution in [3.63, 3.8) is 0 Å². The van der Waals surface area contributed by atoms with Crippen molar-refractivity contribution in [1.29, 1.82) is 0 Å². The molecular weight excluding hydrogens is 571 g/mol. The van der Waals surface area contributed by atoms with Crippen molar-refractivity contribution in [3.05, 3.63) is 64.1 Å². The van der Waals surface area contributed by atoms with Gasteiger partial charge < -0.3 is 15.3 Å². The summed E-state index contributed by atoms with van der Waals surface area (Å²) in [5.74, 6) is -1.76. The first kappa shape index (κ1) is 26.1. The molecule has 10 nitrogen and oxygen atoms in total. The number of halogens is 2. The highest BCUT2D eigenvalue weighted by Crippen LogP contribution is 2.55. The van der Waals surface area contributed by atoms with E-state index in [0.29, 0.717) is 5.56 Å². The van der Waals surface area contributed by atoms with Crippen LogP contribution < -0.4 is 10.0 Å². The van der Waals surface area contributed by atoms with Gasteiger partial charge in [-0.2, -0.15) is 8.42 Å². The zero-order valence-electron chi connectivity index (χ0n) is 20.6. The van der Waals surface area contributed by atoms with Crippen LogP contribution in [-0.2, 0) is 31.4 Å². The average molecular weight is 595 g/mol. The number of benzene rings is 2. The van der Waals surface area contributed by atoms with Gasteiger partial charge in [-0.1, -0.05) is 17.7 Å². The molecule has 0 saturated heterocycles. The number of carbonyl (C=O) groups excluding carboxylic acids is 1. The molecule has 2 aliphatic carbocycles. The second-order valence-corrected chi connectivity index (χ2v) is 14.1. The molecule has 206 valence electrons. The minimum Gasteiger partial charge on any atom is -0.511 e. The fourth-order valence-electron chi connectivity index (χ4n) is 6.43. The summed E-state index contributed by atoms with van der Waals surface area (Å²) in [6.45, 7) is 0.0944. The Kier molecular flexibility index (Phi) is 5.97. The smallest absolute Gasteiger partial charge is 0.286 e. The van der Waals surface area contributed by atoms with Gasteiger partial charge in [0, 0.05) is 24.2 Å². The minimum atomic E-state index is -4.37. The van der Waals surface area contributed by atoms with Gasteiger partial charge in [0.15, 0.2) is 5.84 Å². The minimum absolute atomic E-state index is 0.0324. The number of amidine groups is 1. The highest BCUT2D eigenvalue weighted by Gasteiger charge is 2.57. The Bertz CT molecular complexity index is 1710. The largest absolute Gasteiger partial charge is 0.511 e. The van der Waals surface area contributed by atoms with E-state index in [1.807, 2.05) is 0 Å². The Balaban J connectivity index is 1.41. The third-order valence-corrected chi connectivity index (χ3v) is 10.1. The monoisotopic (exact) mass is 594 g/mol. The molecule has 0 unspecified atom stereocenters. The van der Waals surface area contributed by atoms with E-state index >= 15 is 0 Å². The molecule has 6 rings (SSSR count). The van der Waals surface area contributed by atoms with Crippen molar-refractivity contribution in [1.82, 2.24) is 4.90 Å². The Hall–Kier alpha value is -3.16. The topological polar surface area (TPSA) is 145 Å². The van der Waals surface area contributed by atoms with E-state index in [0.717, 1.165) is 31.6 Å².